The van der Waals surface area contributed by atoms with Gasteiger partial charge in [-0.25, -0.2) is 4.79 Å². The molecule has 0 aromatic heterocycles. The largest absolute Gasteiger partial charge is 1.00 e. The number of hydrogen-bond acceptors (Lipinski definition) is 3. The van der Waals surface area contributed by atoms with Gasteiger partial charge in [0.25, 0.3) is 0 Å². The van der Waals surface area contributed by atoms with Crippen molar-refractivity contribution in [3.63, 3.8) is 0 Å². The van der Waals surface area contributed by atoms with E-state index in [0.717, 1.165) is 6.54 Å². The highest BCUT2D eigenvalue weighted by Gasteiger charge is 2.26. The molecule has 0 fully saturated rings. The number of nitrogens with two attached hydrogens (primary N) is 2. The molecule has 1 aromatic rings. The fraction of sp³-hybridized carbons (Fsp3) is 0.611. The average molecular weight is 343 g/mol. The third kappa shape index (κ3) is 8.82. The molecule has 0 aliphatic heterocycles. The summed E-state index contributed by atoms with van der Waals surface area (Å²) in [5.41, 5.74) is 6.32. The highest BCUT2D eigenvalue weighted by molar-refractivity contribution is 5.90. The number of hydrogen-bond donors (Lipinski definition) is 2. The summed E-state index contributed by atoms with van der Waals surface area (Å²) in [4.78, 5) is 12.2. The van der Waals surface area contributed by atoms with E-state index in [1.54, 1.807) is 24.3 Å². The van der Waals surface area contributed by atoms with Gasteiger partial charge in [-0.05, 0) is 57.9 Å². The van der Waals surface area contributed by atoms with Gasteiger partial charge < -0.3 is 28.2 Å². The molecule has 0 bridgehead atoms. The Bertz CT molecular complexity index is 461. The minimum Gasteiger partial charge on any atom is -1.00 e. The minimum absolute atomic E-state index is 0. The molecule has 0 aliphatic carbocycles. The van der Waals surface area contributed by atoms with Gasteiger partial charge in [-0.15, -0.1) is 0 Å². The standard InChI is InChI=1S/C18H30N2O2.ClH/c1-5-6-7-8-14(2)20-13-18(3,4)22-17(21)15-9-11-16(19)12-10-15;/h9-12,14,20H,5-8,13,19H2,1-4H3;1H. The van der Waals surface area contributed by atoms with Crippen molar-refractivity contribution in [2.24, 2.45) is 0 Å². The number of benzene rings is 1. The number of esters is 1. The number of carbonyl (C=O) groups is 1. The second kappa shape index (κ2) is 10.5. The highest BCUT2D eigenvalue weighted by Crippen LogP contribution is 2.13. The molecule has 0 spiro atoms. The van der Waals surface area contributed by atoms with Crippen molar-refractivity contribution in [1.29, 1.82) is 0 Å². The van der Waals surface area contributed by atoms with E-state index in [1.807, 2.05) is 13.8 Å². The topological polar surface area (TPSA) is 68.9 Å². The van der Waals surface area contributed by atoms with E-state index in [-0.39, 0.29) is 18.4 Å². The van der Waals surface area contributed by atoms with Gasteiger partial charge in [0.05, 0.1) is 11.6 Å². The number of quaternary nitrogens is 1. The molecule has 4 N–H and O–H groups in total. The summed E-state index contributed by atoms with van der Waals surface area (Å²) in [6.45, 7) is 9.12. The van der Waals surface area contributed by atoms with Gasteiger partial charge in [0.1, 0.15) is 6.54 Å². The van der Waals surface area contributed by atoms with E-state index < -0.39 is 5.60 Å². The molecule has 23 heavy (non-hydrogen) atoms. The molecule has 0 heterocycles. The fourth-order valence-corrected chi connectivity index (χ4v) is 2.29. The maximum atomic E-state index is 12.2. The van der Waals surface area contributed by atoms with Crippen LogP contribution in [0.5, 0.6) is 0 Å². The van der Waals surface area contributed by atoms with Gasteiger partial charge in [-0.1, -0.05) is 19.8 Å². The Labute approximate surface area is 146 Å². The lowest BCUT2D eigenvalue weighted by Crippen LogP contribution is -3.00. The Hall–Kier alpha value is -1.26. The average Bonchev–Trinajstić information content (AvgIpc) is 2.46. The number of carbonyl (C=O) groups excluding carboxylic acids is 1. The van der Waals surface area contributed by atoms with Crippen LogP contribution in [-0.4, -0.2) is 24.2 Å². The molecule has 1 atom stereocenters. The lowest BCUT2D eigenvalue weighted by molar-refractivity contribution is -0.696. The zero-order valence-electron chi connectivity index (χ0n) is 14.8. The van der Waals surface area contributed by atoms with Gasteiger partial charge in [0.15, 0.2) is 5.60 Å². The number of halogens is 1. The molecule has 0 aliphatic rings. The second-order valence-electron chi connectivity index (χ2n) is 6.68. The van der Waals surface area contributed by atoms with Gasteiger partial charge in [-0.3, -0.25) is 0 Å². The number of nitrogen functional groups attached to an aromatic ring is 1. The number of ether oxygens (including phenoxy) is 1. The maximum absolute atomic E-state index is 12.2. The number of rotatable bonds is 9. The van der Waals surface area contributed by atoms with Gasteiger partial charge in [0.2, 0.25) is 0 Å². The van der Waals surface area contributed by atoms with Crippen LogP contribution in [0.4, 0.5) is 5.69 Å². The van der Waals surface area contributed by atoms with E-state index in [2.05, 4.69) is 19.2 Å². The van der Waals surface area contributed by atoms with Gasteiger partial charge in [-0.2, -0.15) is 0 Å². The first-order valence-electron chi connectivity index (χ1n) is 8.26. The summed E-state index contributed by atoms with van der Waals surface area (Å²) in [6, 6.07) is 7.38. The summed E-state index contributed by atoms with van der Waals surface area (Å²) in [7, 11) is 0. The summed E-state index contributed by atoms with van der Waals surface area (Å²) in [5.74, 6) is -0.294. The summed E-state index contributed by atoms with van der Waals surface area (Å²) >= 11 is 0. The summed E-state index contributed by atoms with van der Waals surface area (Å²) < 4.78 is 5.63. The van der Waals surface area contributed by atoms with Crippen molar-refractivity contribution in [2.75, 3.05) is 12.3 Å². The SMILES string of the molecule is CCCCCC(C)[NH2+]CC(C)(C)OC(=O)c1ccc(N)cc1.[Cl-]. The first-order chi connectivity index (χ1) is 10.3. The number of anilines is 1. The number of unbranched alkanes of at least 4 members (excludes halogenated alkanes) is 2. The van der Waals surface area contributed by atoms with Crippen molar-refractivity contribution in [1.82, 2.24) is 0 Å². The lowest BCUT2D eigenvalue weighted by Gasteiger charge is -2.25. The van der Waals surface area contributed by atoms with Crippen LogP contribution in [0.3, 0.4) is 0 Å². The maximum Gasteiger partial charge on any atom is 0.338 e. The van der Waals surface area contributed by atoms with Crippen LogP contribution in [0.15, 0.2) is 24.3 Å². The first-order valence-corrected chi connectivity index (χ1v) is 8.26. The molecule has 0 saturated heterocycles. The van der Waals surface area contributed by atoms with Crippen molar-refractivity contribution >= 4 is 11.7 Å². The molecule has 0 radical (unpaired) electrons. The zero-order valence-corrected chi connectivity index (χ0v) is 15.5. The molecular weight excluding hydrogens is 312 g/mol. The van der Waals surface area contributed by atoms with Crippen LogP contribution >= 0.6 is 0 Å². The van der Waals surface area contributed by atoms with Crippen molar-refractivity contribution in [3.05, 3.63) is 29.8 Å². The normalized spacial score (nSPS) is 12.3. The first kappa shape index (κ1) is 21.7. The van der Waals surface area contributed by atoms with Crippen LogP contribution in [-0.2, 0) is 4.74 Å². The fourth-order valence-electron chi connectivity index (χ4n) is 2.29. The molecule has 0 amide bonds. The Kier molecular flexibility index (Phi) is 9.93. The van der Waals surface area contributed by atoms with E-state index in [9.17, 15) is 4.79 Å². The molecule has 1 aromatic carbocycles. The van der Waals surface area contributed by atoms with E-state index >= 15 is 0 Å². The predicted octanol–water partition coefficient (Wildman–Crippen LogP) is -0.260. The van der Waals surface area contributed by atoms with Crippen molar-refractivity contribution < 1.29 is 27.3 Å². The van der Waals surface area contributed by atoms with E-state index in [1.165, 1.54) is 25.7 Å². The van der Waals surface area contributed by atoms with Crippen molar-refractivity contribution in [2.45, 2.75) is 65.0 Å². The smallest absolute Gasteiger partial charge is 0.338 e. The van der Waals surface area contributed by atoms with E-state index in [4.69, 9.17) is 10.5 Å². The molecule has 132 valence electrons. The van der Waals surface area contributed by atoms with Crippen LogP contribution in [0, 0.1) is 0 Å². The predicted molar refractivity (Wildman–Crippen MR) is 90.7 cm³/mol. The van der Waals surface area contributed by atoms with Gasteiger partial charge >= 0.3 is 5.97 Å². The molecule has 0 saturated carbocycles. The zero-order chi connectivity index (χ0) is 16.6. The minimum atomic E-state index is -0.489. The summed E-state index contributed by atoms with van der Waals surface area (Å²) in [5, 5.41) is 2.27. The monoisotopic (exact) mass is 342 g/mol. The summed E-state index contributed by atoms with van der Waals surface area (Å²) in [6.07, 6.45) is 5.00. The highest BCUT2D eigenvalue weighted by atomic mass is 35.5. The Morgan fingerprint density at radius 3 is 2.43 bits per heavy atom. The third-order valence-corrected chi connectivity index (χ3v) is 3.79. The molecule has 1 rings (SSSR count). The van der Waals surface area contributed by atoms with Gasteiger partial charge in [0, 0.05) is 5.69 Å². The van der Waals surface area contributed by atoms with Crippen LogP contribution in [0.25, 0.3) is 0 Å². The van der Waals surface area contributed by atoms with Crippen LogP contribution < -0.4 is 23.5 Å². The quantitative estimate of drug-likeness (QED) is 0.369. The Balaban J connectivity index is 0.00000484. The van der Waals surface area contributed by atoms with Crippen molar-refractivity contribution in [3.8, 4) is 0 Å². The second-order valence-corrected chi connectivity index (χ2v) is 6.68. The van der Waals surface area contributed by atoms with Crippen LogP contribution in [0.1, 0.15) is 63.7 Å². The molecular formula is C18H31ClN2O2. The van der Waals surface area contributed by atoms with Crippen LogP contribution in [0.2, 0.25) is 0 Å². The Morgan fingerprint density at radius 1 is 1.26 bits per heavy atom. The molecule has 5 heteroatoms. The lowest BCUT2D eigenvalue weighted by atomic mass is 10.1. The van der Waals surface area contributed by atoms with E-state index in [0.29, 0.717) is 17.3 Å². The Morgan fingerprint density at radius 2 is 1.87 bits per heavy atom. The molecule has 4 nitrogen and oxygen atoms in total. The molecule has 1 unspecified atom stereocenters. The third-order valence-electron chi connectivity index (χ3n) is 3.79.